The van der Waals surface area contributed by atoms with Gasteiger partial charge in [0.1, 0.15) is 30.5 Å². The minimum absolute atomic E-state index is 0.0681. The van der Waals surface area contributed by atoms with Gasteiger partial charge in [0, 0.05) is 0 Å². The van der Waals surface area contributed by atoms with Crippen molar-refractivity contribution >= 4 is 42.8 Å². The predicted molar refractivity (Wildman–Crippen MR) is 150 cm³/mol. The summed E-state index contributed by atoms with van der Waals surface area (Å²) in [4.78, 5) is 0.231. The maximum atomic E-state index is 12.2. The first-order valence-corrected chi connectivity index (χ1v) is 16.3. The molecule has 2 aromatic carbocycles. The molecule has 5 rings (SSSR count). The summed E-state index contributed by atoms with van der Waals surface area (Å²) in [5.41, 5.74) is 1.96. The molecule has 39 heavy (non-hydrogen) atoms. The zero-order chi connectivity index (χ0) is 28.2. The molecule has 3 heterocycles. The Labute approximate surface area is 242 Å². The highest BCUT2D eigenvalue weighted by Crippen LogP contribution is 2.34. The minimum Gasteiger partial charge on any atom is -0.394 e. The van der Waals surface area contributed by atoms with Gasteiger partial charge in [0.2, 0.25) is 0 Å². The zero-order valence-electron chi connectivity index (χ0n) is 21.4. The Morgan fingerprint density at radius 3 is 1.97 bits per heavy atom. The fourth-order valence-electron chi connectivity index (χ4n) is 4.18. The number of halogens is 1. The first kappa shape index (κ1) is 30.5. The smallest absolute Gasteiger partial charge is 0.297 e. The number of rotatable bonds is 8. The number of ether oxygens (including phenoxy) is 3. The number of alkyl halides is 1. The third-order valence-corrected chi connectivity index (χ3v) is 10.1. The van der Waals surface area contributed by atoms with Crippen LogP contribution in [-0.2, 0) is 42.8 Å². The van der Waals surface area contributed by atoms with Crippen molar-refractivity contribution in [2.75, 3.05) is 26.4 Å². The largest absolute Gasteiger partial charge is 0.394 e. The molecule has 1 unspecified atom stereocenters. The van der Waals surface area contributed by atoms with Crippen LogP contribution in [-0.4, -0.2) is 82.8 Å². The molecular weight excluding hydrogens is 663 g/mol. The van der Waals surface area contributed by atoms with Gasteiger partial charge in [-0.1, -0.05) is 70.1 Å². The molecule has 0 amide bonds. The Balaban J connectivity index is 0.000000181. The van der Waals surface area contributed by atoms with Crippen molar-refractivity contribution in [3.05, 3.63) is 71.8 Å². The van der Waals surface area contributed by atoms with Gasteiger partial charge in [-0.2, -0.15) is 16.8 Å². The molecule has 10 nitrogen and oxygen atoms in total. The maximum absolute atomic E-state index is 12.2. The van der Waals surface area contributed by atoms with Crippen LogP contribution >= 0.6 is 22.6 Å². The van der Waals surface area contributed by atoms with Crippen molar-refractivity contribution in [3.63, 3.8) is 0 Å². The molecule has 0 aromatic heterocycles. The summed E-state index contributed by atoms with van der Waals surface area (Å²) < 4.78 is 75.6. The molecule has 2 fully saturated rings. The molecule has 3 aliphatic heterocycles. The summed E-state index contributed by atoms with van der Waals surface area (Å²) in [6, 6.07) is 12.9. The Hall–Kier alpha value is -1.43. The number of benzene rings is 2. The van der Waals surface area contributed by atoms with Crippen LogP contribution in [0.2, 0.25) is 0 Å². The van der Waals surface area contributed by atoms with Gasteiger partial charge in [0.15, 0.2) is 0 Å². The van der Waals surface area contributed by atoms with E-state index >= 15 is 0 Å². The Morgan fingerprint density at radius 1 is 0.872 bits per heavy atom. The Morgan fingerprint density at radius 2 is 1.44 bits per heavy atom. The van der Waals surface area contributed by atoms with Crippen LogP contribution < -0.4 is 0 Å². The van der Waals surface area contributed by atoms with Crippen LogP contribution in [0.25, 0.3) is 0 Å². The highest BCUT2D eigenvalue weighted by Gasteiger charge is 2.49. The topological polar surface area (TPSA) is 135 Å². The van der Waals surface area contributed by atoms with E-state index in [1.165, 1.54) is 12.1 Å². The summed E-state index contributed by atoms with van der Waals surface area (Å²) >= 11 is 2.26. The molecule has 0 saturated carbocycles. The molecule has 0 radical (unpaired) electrons. The SMILES string of the molecule is Cc1ccc(S(=O)(=O)O[C@@H]2CO[C@@H]3C(I)CO[C@@H]32)cc1.Cc1ccc(S(=O)(=O)O[C@H](CO)[C@@H]2C=CCO2)cc1. The molecule has 2 saturated heterocycles. The normalized spacial score (nSPS) is 27.1. The van der Waals surface area contributed by atoms with Crippen molar-refractivity contribution in [2.24, 2.45) is 0 Å². The summed E-state index contributed by atoms with van der Waals surface area (Å²) in [5, 5.41) is 9.24. The van der Waals surface area contributed by atoms with Gasteiger partial charge in [0.05, 0.1) is 40.1 Å². The molecule has 6 atom stereocenters. The Bertz CT molecular complexity index is 1340. The molecule has 3 aliphatic rings. The minimum atomic E-state index is -3.90. The van der Waals surface area contributed by atoms with E-state index in [2.05, 4.69) is 22.6 Å². The lowest BCUT2D eigenvalue weighted by molar-refractivity contribution is 0.00185. The molecular formula is C26H31IO10S2. The summed E-state index contributed by atoms with van der Waals surface area (Å²) in [6.45, 7) is 4.56. The summed E-state index contributed by atoms with van der Waals surface area (Å²) in [5.74, 6) is 0. The highest BCUT2D eigenvalue weighted by molar-refractivity contribution is 14.1. The monoisotopic (exact) mass is 694 g/mol. The Kier molecular flexibility index (Phi) is 10.2. The van der Waals surface area contributed by atoms with E-state index in [4.69, 9.17) is 22.6 Å². The van der Waals surface area contributed by atoms with E-state index in [0.29, 0.717) is 13.2 Å². The molecule has 0 bridgehead atoms. The van der Waals surface area contributed by atoms with Gasteiger partial charge in [0.25, 0.3) is 20.2 Å². The second kappa shape index (κ2) is 13.0. The van der Waals surface area contributed by atoms with Crippen LogP contribution in [0.15, 0.2) is 70.5 Å². The van der Waals surface area contributed by atoms with E-state index in [-0.39, 0.29) is 32.5 Å². The second-order valence-electron chi connectivity index (χ2n) is 9.32. The van der Waals surface area contributed by atoms with Crippen molar-refractivity contribution in [1.82, 2.24) is 0 Å². The average Bonchev–Trinajstić information content (AvgIpc) is 3.65. The van der Waals surface area contributed by atoms with Crippen molar-refractivity contribution in [1.29, 1.82) is 0 Å². The van der Waals surface area contributed by atoms with Crippen LogP contribution in [0.1, 0.15) is 11.1 Å². The predicted octanol–water partition coefficient (Wildman–Crippen LogP) is 2.69. The summed E-state index contributed by atoms with van der Waals surface area (Å²) in [7, 11) is -7.68. The first-order chi connectivity index (χ1) is 18.5. The second-order valence-corrected chi connectivity index (χ2v) is 14.1. The molecule has 214 valence electrons. The number of aliphatic hydroxyl groups excluding tert-OH is 1. The van der Waals surface area contributed by atoms with Crippen molar-refractivity contribution < 1.29 is 44.5 Å². The lowest BCUT2D eigenvalue weighted by Gasteiger charge is -2.20. The highest BCUT2D eigenvalue weighted by atomic mass is 127. The van der Waals surface area contributed by atoms with Crippen LogP contribution in [0.4, 0.5) is 0 Å². The number of fused-ring (bicyclic) bond motifs is 1. The van der Waals surface area contributed by atoms with Crippen LogP contribution in [0.5, 0.6) is 0 Å². The van der Waals surface area contributed by atoms with Crippen LogP contribution in [0, 0.1) is 13.8 Å². The fraction of sp³-hybridized carbons (Fsp3) is 0.462. The zero-order valence-corrected chi connectivity index (χ0v) is 25.2. The van der Waals surface area contributed by atoms with Crippen molar-refractivity contribution in [2.45, 2.75) is 58.1 Å². The molecule has 2 aromatic rings. The quantitative estimate of drug-likeness (QED) is 0.190. The number of aryl methyl sites for hydroxylation is 2. The van der Waals surface area contributed by atoms with Gasteiger partial charge in [-0.3, -0.25) is 8.37 Å². The van der Waals surface area contributed by atoms with Gasteiger partial charge < -0.3 is 19.3 Å². The van der Waals surface area contributed by atoms with Gasteiger partial charge in [-0.25, -0.2) is 0 Å². The summed E-state index contributed by atoms with van der Waals surface area (Å²) in [6.07, 6.45) is 1.05. The first-order valence-electron chi connectivity index (χ1n) is 12.3. The van der Waals surface area contributed by atoms with Gasteiger partial charge >= 0.3 is 0 Å². The lowest BCUT2D eigenvalue weighted by Crippen LogP contribution is -2.33. The van der Waals surface area contributed by atoms with E-state index < -0.39 is 45.2 Å². The fourth-order valence-corrected chi connectivity index (χ4v) is 7.15. The van der Waals surface area contributed by atoms with Crippen molar-refractivity contribution in [3.8, 4) is 0 Å². The van der Waals surface area contributed by atoms with Gasteiger partial charge in [-0.15, -0.1) is 0 Å². The number of hydrogen-bond acceptors (Lipinski definition) is 10. The third kappa shape index (κ3) is 7.65. The number of aliphatic hydroxyl groups is 1. The van der Waals surface area contributed by atoms with E-state index in [1.807, 2.05) is 13.8 Å². The molecule has 0 aliphatic carbocycles. The molecule has 13 heteroatoms. The van der Waals surface area contributed by atoms with E-state index in [0.717, 1.165) is 11.1 Å². The average molecular weight is 695 g/mol. The van der Waals surface area contributed by atoms with Crippen LogP contribution in [0.3, 0.4) is 0 Å². The molecule has 0 spiro atoms. The van der Waals surface area contributed by atoms with E-state index in [1.54, 1.807) is 48.6 Å². The lowest BCUT2D eigenvalue weighted by atomic mass is 10.1. The number of hydrogen-bond donors (Lipinski definition) is 1. The molecule has 1 N–H and O–H groups in total. The third-order valence-electron chi connectivity index (χ3n) is 6.32. The van der Waals surface area contributed by atoms with Gasteiger partial charge in [-0.05, 0) is 38.1 Å². The standard InChI is InChI=1S/C13H15IO5S.C13H16O5S/c1-8-2-4-9(5-3-8)20(15,16)19-11-7-18-12-10(14)6-17-13(11)12;1-10-4-6-11(7-5-10)19(15,16)18-13(9-14)12-3-2-8-17-12/h2-5,10-13H,6-7H2,1H3;2-7,12-14H,8-9H2,1H3/t10?,11-,12-,13-;12-,13+/m10/s1. The maximum Gasteiger partial charge on any atom is 0.297 e. The van der Waals surface area contributed by atoms with E-state index in [9.17, 15) is 21.9 Å².